The van der Waals surface area contributed by atoms with Gasteiger partial charge in [-0.2, -0.15) is 0 Å². The number of benzene rings is 1. The average Bonchev–Trinajstić information content (AvgIpc) is 2.41. The number of nitrogens with one attached hydrogen (secondary N) is 1. The van der Waals surface area contributed by atoms with Crippen molar-refractivity contribution in [3.05, 3.63) is 24.3 Å². The highest BCUT2D eigenvalue weighted by Crippen LogP contribution is 2.22. The van der Waals surface area contributed by atoms with Crippen LogP contribution in [0.5, 0.6) is 5.75 Å². The number of rotatable bonds is 5. The Labute approximate surface area is 121 Å². The molecule has 0 radical (unpaired) electrons. The van der Waals surface area contributed by atoms with Gasteiger partial charge in [0.1, 0.15) is 15.6 Å². The first-order valence-electron chi connectivity index (χ1n) is 7.22. The van der Waals surface area contributed by atoms with Crippen molar-refractivity contribution in [1.82, 2.24) is 0 Å². The summed E-state index contributed by atoms with van der Waals surface area (Å²) in [5.41, 5.74) is 0.995. The van der Waals surface area contributed by atoms with Crippen LogP contribution < -0.4 is 10.1 Å². The van der Waals surface area contributed by atoms with Gasteiger partial charge >= 0.3 is 0 Å². The van der Waals surface area contributed by atoms with Gasteiger partial charge in [-0.1, -0.05) is 13.0 Å². The number of anilines is 1. The van der Waals surface area contributed by atoms with Gasteiger partial charge in [-0.05, 0) is 38.3 Å². The van der Waals surface area contributed by atoms with E-state index in [1.807, 2.05) is 31.2 Å². The van der Waals surface area contributed by atoms with Crippen molar-refractivity contribution < 1.29 is 13.2 Å². The molecule has 0 amide bonds. The Hall–Kier alpha value is -1.23. The van der Waals surface area contributed by atoms with E-state index in [2.05, 4.69) is 12.2 Å². The van der Waals surface area contributed by atoms with Crippen LogP contribution in [0.25, 0.3) is 0 Å². The minimum Gasteiger partial charge on any atom is -0.491 e. The molecule has 1 N–H and O–H groups in total. The van der Waals surface area contributed by atoms with Crippen molar-refractivity contribution >= 4 is 15.5 Å². The van der Waals surface area contributed by atoms with Crippen LogP contribution in [-0.4, -0.2) is 32.1 Å². The van der Waals surface area contributed by atoms with Gasteiger partial charge < -0.3 is 10.1 Å². The van der Waals surface area contributed by atoms with E-state index in [0.29, 0.717) is 12.8 Å². The zero-order valence-electron chi connectivity index (χ0n) is 12.1. The first-order valence-corrected chi connectivity index (χ1v) is 9.04. The normalized spacial score (nSPS) is 20.3. The molecule has 5 heteroatoms. The van der Waals surface area contributed by atoms with Gasteiger partial charge in [0, 0.05) is 17.8 Å². The summed E-state index contributed by atoms with van der Waals surface area (Å²) in [4.78, 5) is 0. The van der Waals surface area contributed by atoms with Crippen LogP contribution in [0, 0.1) is 0 Å². The molecule has 1 aromatic rings. The lowest BCUT2D eigenvalue weighted by atomic mass is 10.1. The molecule has 4 nitrogen and oxygen atoms in total. The maximum atomic E-state index is 11.4. The molecular weight excluding hydrogens is 274 g/mol. The predicted octanol–water partition coefficient (Wildman–Crippen LogP) is 2.85. The van der Waals surface area contributed by atoms with Gasteiger partial charge in [-0.3, -0.25) is 0 Å². The summed E-state index contributed by atoms with van der Waals surface area (Å²) < 4.78 is 28.6. The summed E-state index contributed by atoms with van der Waals surface area (Å²) in [7, 11) is -2.80. The Morgan fingerprint density at radius 2 is 2.05 bits per heavy atom. The van der Waals surface area contributed by atoms with E-state index in [1.165, 1.54) is 0 Å². The monoisotopic (exact) mass is 297 g/mol. The van der Waals surface area contributed by atoms with Crippen molar-refractivity contribution in [2.24, 2.45) is 0 Å². The van der Waals surface area contributed by atoms with Gasteiger partial charge in [0.15, 0.2) is 0 Å². The highest BCUT2D eigenvalue weighted by atomic mass is 32.2. The summed E-state index contributed by atoms with van der Waals surface area (Å²) in [6.07, 6.45) is 2.53. The van der Waals surface area contributed by atoms with Crippen LogP contribution in [0.15, 0.2) is 24.3 Å². The summed E-state index contributed by atoms with van der Waals surface area (Å²) in [5.74, 6) is 1.43. The Balaban J connectivity index is 1.95. The lowest BCUT2D eigenvalue weighted by Gasteiger charge is -2.24. The van der Waals surface area contributed by atoms with Crippen LogP contribution in [0.4, 0.5) is 5.69 Å². The molecular formula is C15H23NO3S. The van der Waals surface area contributed by atoms with Gasteiger partial charge in [0.2, 0.25) is 0 Å². The van der Waals surface area contributed by atoms with Gasteiger partial charge in [-0.15, -0.1) is 0 Å². The van der Waals surface area contributed by atoms with E-state index >= 15 is 0 Å². The zero-order chi connectivity index (χ0) is 14.6. The van der Waals surface area contributed by atoms with E-state index in [1.54, 1.807) is 0 Å². The zero-order valence-corrected chi connectivity index (χ0v) is 12.9. The smallest absolute Gasteiger partial charge is 0.150 e. The van der Waals surface area contributed by atoms with E-state index in [9.17, 15) is 8.42 Å². The largest absolute Gasteiger partial charge is 0.491 e. The van der Waals surface area contributed by atoms with Crippen molar-refractivity contribution in [3.63, 3.8) is 0 Å². The van der Waals surface area contributed by atoms with E-state index in [-0.39, 0.29) is 23.7 Å². The number of sulfone groups is 1. The van der Waals surface area contributed by atoms with Crippen LogP contribution in [0.2, 0.25) is 0 Å². The SMILES string of the molecule is CCC(C)Oc1cccc(NC2CCS(=O)(=O)CC2)c1. The molecule has 0 bridgehead atoms. The summed E-state index contributed by atoms with van der Waals surface area (Å²) in [6.45, 7) is 4.14. The third kappa shape index (κ3) is 4.40. The number of hydrogen-bond donors (Lipinski definition) is 1. The molecule has 112 valence electrons. The van der Waals surface area contributed by atoms with Gasteiger partial charge in [-0.25, -0.2) is 8.42 Å². The highest BCUT2D eigenvalue weighted by Gasteiger charge is 2.23. The maximum absolute atomic E-state index is 11.4. The fraction of sp³-hybridized carbons (Fsp3) is 0.600. The second-order valence-electron chi connectivity index (χ2n) is 5.43. The predicted molar refractivity (Wildman–Crippen MR) is 82.1 cm³/mol. The van der Waals surface area contributed by atoms with Crippen molar-refractivity contribution in [2.75, 3.05) is 16.8 Å². The molecule has 0 aliphatic carbocycles. The van der Waals surface area contributed by atoms with E-state index < -0.39 is 9.84 Å². The lowest BCUT2D eigenvalue weighted by Crippen LogP contribution is -2.32. The summed E-state index contributed by atoms with van der Waals surface area (Å²) in [6, 6.07) is 8.11. The van der Waals surface area contributed by atoms with Crippen molar-refractivity contribution in [3.8, 4) is 5.75 Å². The molecule has 1 saturated heterocycles. The average molecular weight is 297 g/mol. The van der Waals surface area contributed by atoms with E-state index in [0.717, 1.165) is 17.9 Å². The van der Waals surface area contributed by atoms with Crippen LogP contribution in [0.3, 0.4) is 0 Å². The molecule has 20 heavy (non-hydrogen) atoms. The molecule has 1 aliphatic heterocycles. The molecule has 0 saturated carbocycles. The Bertz CT molecular complexity index is 528. The quantitative estimate of drug-likeness (QED) is 0.908. The third-order valence-corrected chi connectivity index (χ3v) is 5.39. The Morgan fingerprint density at radius 3 is 2.70 bits per heavy atom. The molecule has 2 rings (SSSR count). The molecule has 1 heterocycles. The fourth-order valence-corrected chi connectivity index (χ4v) is 3.74. The second-order valence-corrected chi connectivity index (χ2v) is 7.74. The topological polar surface area (TPSA) is 55.4 Å². The first-order chi connectivity index (χ1) is 9.48. The van der Waals surface area contributed by atoms with Gasteiger partial charge in [0.05, 0.1) is 17.6 Å². The Morgan fingerprint density at radius 1 is 1.35 bits per heavy atom. The summed E-state index contributed by atoms with van der Waals surface area (Å²) in [5, 5.41) is 3.41. The third-order valence-electron chi connectivity index (χ3n) is 3.67. The maximum Gasteiger partial charge on any atom is 0.150 e. The van der Waals surface area contributed by atoms with Gasteiger partial charge in [0.25, 0.3) is 0 Å². The molecule has 0 spiro atoms. The molecule has 1 unspecified atom stereocenters. The molecule has 1 aliphatic rings. The minimum absolute atomic E-state index is 0.199. The van der Waals surface area contributed by atoms with E-state index in [4.69, 9.17) is 4.74 Å². The number of ether oxygens (including phenoxy) is 1. The fourth-order valence-electron chi connectivity index (χ4n) is 2.24. The summed E-state index contributed by atoms with van der Waals surface area (Å²) >= 11 is 0. The molecule has 1 fully saturated rings. The second kappa shape index (κ2) is 6.48. The highest BCUT2D eigenvalue weighted by molar-refractivity contribution is 7.91. The van der Waals surface area contributed by atoms with Crippen LogP contribution in [0.1, 0.15) is 33.1 Å². The van der Waals surface area contributed by atoms with Crippen molar-refractivity contribution in [1.29, 1.82) is 0 Å². The van der Waals surface area contributed by atoms with Crippen LogP contribution in [-0.2, 0) is 9.84 Å². The van der Waals surface area contributed by atoms with Crippen LogP contribution >= 0.6 is 0 Å². The first kappa shape index (κ1) is 15.2. The standard InChI is InChI=1S/C15H23NO3S/c1-3-12(2)19-15-6-4-5-14(11-15)16-13-7-9-20(17,18)10-8-13/h4-6,11-13,16H,3,7-10H2,1-2H3. The Kier molecular flexibility index (Phi) is 4.91. The lowest BCUT2D eigenvalue weighted by molar-refractivity contribution is 0.217. The van der Waals surface area contributed by atoms with Crippen molar-refractivity contribution in [2.45, 2.75) is 45.3 Å². The molecule has 0 aromatic heterocycles. The number of hydrogen-bond acceptors (Lipinski definition) is 4. The molecule has 1 aromatic carbocycles. The molecule has 1 atom stereocenters. The minimum atomic E-state index is -2.80.